The van der Waals surface area contributed by atoms with Gasteiger partial charge < -0.3 is 5.32 Å². The number of hydrogen-bond acceptors (Lipinski definition) is 2. The zero-order valence-electron chi connectivity index (χ0n) is 14.1. The van der Waals surface area contributed by atoms with Crippen LogP contribution in [0.2, 0.25) is 15.1 Å². The molecule has 1 N–H and O–H groups in total. The molecule has 0 amide bonds. The molecule has 0 saturated carbocycles. The number of hydrogen-bond donors (Lipinski definition) is 1. The molecule has 0 heterocycles. The van der Waals surface area contributed by atoms with E-state index in [0.717, 1.165) is 15.7 Å². The molecule has 138 valence electrons. The number of ketones is 1. The second-order valence-corrected chi connectivity index (χ2v) is 8.18. The van der Waals surface area contributed by atoms with Crippen LogP contribution in [0.15, 0.2) is 71.2 Å². The van der Waals surface area contributed by atoms with Crippen LogP contribution in [0.25, 0.3) is 0 Å². The van der Waals surface area contributed by atoms with E-state index in [0.29, 0.717) is 20.6 Å². The molecular formula is C21H15BrCl3NO. The van der Waals surface area contributed by atoms with Gasteiger partial charge in [-0.15, -0.1) is 0 Å². The van der Waals surface area contributed by atoms with Crippen molar-refractivity contribution in [2.75, 3.05) is 5.32 Å². The lowest BCUT2D eigenvalue weighted by Crippen LogP contribution is -2.16. The second-order valence-electron chi connectivity index (χ2n) is 6.01. The van der Waals surface area contributed by atoms with Crippen LogP contribution in [-0.4, -0.2) is 5.78 Å². The number of carbonyl (C=O) groups excluding carboxylic acids is 1. The zero-order valence-corrected chi connectivity index (χ0v) is 17.9. The molecule has 0 aliphatic carbocycles. The normalized spacial score (nSPS) is 11.9. The summed E-state index contributed by atoms with van der Waals surface area (Å²) in [4.78, 5) is 12.8. The summed E-state index contributed by atoms with van der Waals surface area (Å²) < 4.78 is 0.930. The van der Waals surface area contributed by atoms with Crippen molar-refractivity contribution in [3.8, 4) is 0 Å². The highest BCUT2D eigenvalue weighted by Gasteiger charge is 2.18. The molecule has 0 radical (unpaired) electrons. The molecule has 3 rings (SSSR count). The summed E-state index contributed by atoms with van der Waals surface area (Å²) in [7, 11) is 0. The third kappa shape index (κ3) is 5.49. The van der Waals surface area contributed by atoms with Crippen LogP contribution < -0.4 is 5.32 Å². The van der Waals surface area contributed by atoms with Gasteiger partial charge in [-0.3, -0.25) is 4.79 Å². The molecule has 3 aromatic carbocycles. The Morgan fingerprint density at radius 2 is 1.56 bits per heavy atom. The van der Waals surface area contributed by atoms with E-state index in [-0.39, 0.29) is 18.2 Å². The predicted octanol–water partition coefficient (Wildman–Crippen LogP) is 7.84. The Kier molecular flexibility index (Phi) is 6.83. The third-order valence-corrected chi connectivity index (χ3v) is 5.61. The Morgan fingerprint density at radius 1 is 0.889 bits per heavy atom. The van der Waals surface area contributed by atoms with Crippen molar-refractivity contribution in [1.29, 1.82) is 0 Å². The highest BCUT2D eigenvalue weighted by Crippen LogP contribution is 2.30. The first kappa shape index (κ1) is 20.2. The van der Waals surface area contributed by atoms with E-state index >= 15 is 0 Å². The molecule has 3 aromatic rings. The molecule has 0 aliphatic rings. The lowest BCUT2D eigenvalue weighted by molar-refractivity contribution is 0.0976. The standard InChI is InChI=1S/C21H15BrCl3NO/c22-15-4-1-13(2-5-15)21(27)12-20(14-3-10-18(24)19(25)11-14)26-17-8-6-16(23)7-9-17/h1-11,20,26H,12H2. The largest absolute Gasteiger partial charge is 0.378 e. The number of Topliss-reactive ketones (excluding diaryl/α,β-unsaturated/α-hetero) is 1. The Morgan fingerprint density at radius 3 is 2.19 bits per heavy atom. The molecule has 0 fully saturated rings. The van der Waals surface area contributed by atoms with Crippen LogP contribution in [0.5, 0.6) is 0 Å². The average molecular weight is 484 g/mol. The lowest BCUT2D eigenvalue weighted by atomic mass is 9.97. The molecule has 0 spiro atoms. The van der Waals surface area contributed by atoms with Crippen molar-refractivity contribution in [2.45, 2.75) is 12.5 Å². The molecule has 1 unspecified atom stereocenters. The Hall–Kier alpha value is -1.52. The van der Waals surface area contributed by atoms with Gasteiger partial charge in [0.15, 0.2) is 5.78 Å². The maximum absolute atomic E-state index is 12.8. The molecule has 27 heavy (non-hydrogen) atoms. The highest BCUT2D eigenvalue weighted by atomic mass is 79.9. The minimum Gasteiger partial charge on any atom is -0.378 e. The van der Waals surface area contributed by atoms with Crippen LogP contribution in [0.1, 0.15) is 28.4 Å². The minimum absolute atomic E-state index is 0.0278. The topological polar surface area (TPSA) is 29.1 Å². The fraction of sp³-hybridized carbons (Fsp3) is 0.0952. The van der Waals surface area contributed by atoms with Gasteiger partial charge in [-0.1, -0.05) is 68.9 Å². The van der Waals surface area contributed by atoms with Gasteiger partial charge in [0.2, 0.25) is 0 Å². The third-order valence-electron chi connectivity index (χ3n) is 4.09. The minimum atomic E-state index is -0.267. The van der Waals surface area contributed by atoms with Crippen LogP contribution in [0.4, 0.5) is 5.69 Å². The van der Waals surface area contributed by atoms with E-state index in [4.69, 9.17) is 34.8 Å². The van der Waals surface area contributed by atoms with Gasteiger partial charge in [-0.2, -0.15) is 0 Å². The molecule has 0 aliphatic heterocycles. The lowest BCUT2D eigenvalue weighted by Gasteiger charge is -2.21. The van der Waals surface area contributed by atoms with E-state index in [9.17, 15) is 4.79 Å². The van der Waals surface area contributed by atoms with Gasteiger partial charge in [0.1, 0.15) is 0 Å². The summed E-state index contributed by atoms with van der Waals surface area (Å²) in [6, 6.07) is 19.8. The second kappa shape index (κ2) is 9.11. The van der Waals surface area contributed by atoms with Crippen molar-refractivity contribution >= 4 is 62.2 Å². The number of rotatable bonds is 6. The summed E-state index contributed by atoms with van der Waals surface area (Å²) in [6.07, 6.45) is 0.266. The van der Waals surface area contributed by atoms with Gasteiger partial charge in [0, 0.05) is 27.2 Å². The highest BCUT2D eigenvalue weighted by molar-refractivity contribution is 9.10. The molecule has 0 saturated heterocycles. The van der Waals surface area contributed by atoms with Gasteiger partial charge >= 0.3 is 0 Å². The van der Waals surface area contributed by atoms with Crippen molar-refractivity contribution in [3.63, 3.8) is 0 Å². The monoisotopic (exact) mass is 481 g/mol. The smallest absolute Gasteiger partial charge is 0.165 e. The first-order valence-corrected chi connectivity index (χ1v) is 10.1. The maximum Gasteiger partial charge on any atom is 0.165 e. The zero-order chi connectivity index (χ0) is 19.4. The summed E-state index contributed by atoms with van der Waals surface area (Å²) >= 11 is 21.6. The van der Waals surface area contributed by atoms with Gasteiger partial charge in [-0.25, -0.2) is 0 Å². The summed E-state index contributed by atoms with van der Waals surface area (Å²) in [5, 5.41) is 4.97. The average Bonchev–Trinajstić information content (AvgIpc) is 2.65. The van der Waals surface area contributed by atoms with Crippen LogP contribution in [0.3, 0.4) is 0 Å². The molecular weight excluding hydrogens is 469 g/mol. The summed E-state index contributed by atoms with van der Waals surface area (Å²) in [6.45, 7) is 0. The Bertz CT molecular complexity index is 943. The number of nitrogens with one attached hydrogen (secondary N) is 1. The van der Waals surface area contributed by atoms with Gasteiger partial charge in [-0.05, 0) is 54.1 Å². The van der Waals surface area contributed by atoms with Crippen LogP contribution in [-0.2, 0) is 0 Å². The van der Waals surface area contributed by atoms with Crippen molar-refractivity contribution in [2.24, 2.45) is 0 Å². The fourth-order valence-electron chi connectivity index (χ4n) is 2.67. The number of benzene rings is 3. The first-order chi connectivity index (χ1) is 12.9. The van der Waals surface area contributed by atoms with Crippen molar-refractivity contribution in [3.05, 3.63) is 97.4 Å². The van der Waals surface area contributed by atoms with E-state index in [1.807, 2.05) is 30.3 Å². The quantitative estimate of drug-likeness (QED) is 0.362. The van der Waals surface area contributed by atoms with Crippen LogP contribution in [0, 0.1) is 0 Å². The Labute approximate surface area is 181 Å². The Balaban J connectivity index is 1.88. The van der Waals surface area contributed by atoms with Gasteiger partial charge in [0.05, 0.1) is 16.1 Å². The molecule has 0 aromatic heterocycles. The summed E-state index contributed by atoms with van der Waals surface area (Å²) in [5.74, 6) is 0.0278. The molecule has 2 nitrogen and oxygen atoms in total. The van der Waals surface area contributed by atoms with Crippen LogP contribution >= 0.6 is 50.7 Å². The molecule has 6 heteroatoms. The molecule has 1 atom stereocenters. The summed E-state index contributed by atoms with van der Waals surface area (Å²) in [5.41, 5.74) is 2.39. The predicted molar refractivity (Wildman–Crippen MR) is 117 cm³/mol. The van der Waals surface area contributed by atoms with E-state index in [1.54, 1.807) is 36.4 Å². The van der Waals surface area contributed by atoms with Gasteiger partial charge in [0.25, 0.3) is 0 Å². The van der Waals surface area contributed by atoms with E-state index < -0.39 is 0 Å². The van der Waals surface area contributed by atoms with E-state index in [1.165, 1.54) is 0 Å². The SMILES string of the molecule is O=C(CC(Nc1ccc(Cl)cc1)c1ccc(Cl)c(Cl)c1)c1ccc(Br)cc1. The van der Waals surface area contributed by atoms with Crippen molar-refractivity contribution < 1.29 is 4.79 Å². The van der Waals surface area contributed by atoms with Crippen molar-refractivity contribution in [1.82, 2.24) is 0 Å². The maximum atomic E-state index is 12.8. The molecule has 0 bridgehead atoms. The first-order valence-electron chi connectivity index (χ1n) is 8.18. The number of halogens is 4. The number of anilines is 1. The van der Waals surface area contributed by atoms with E-state index in [2.05, 4.69) is 21.2 Å². The number of carbonyl (C=O) groups is 1. The fourth-order valence-corrected chi connectivity index (χ4v) is 3.36.